The van der Waals surface area contributed by atoms with Gasteiger partial charge in [0.25, 0.3) is 5.91 Å². The van der Waals surface area contributed by atoms with Crippen molar-refractivity contribution < 1.29 is 31.5 Å². The van der Waals surface area contributed by atoms with Gasteiger partial charge in [0.15, 0.2) is 11.6 Å². The fourth-order valence-corrected chi connectivity index (χ4v) is 3.27. The maximum absolute atomic E-state index is 14.8. The van der Waals surface area contributed by atoms with Crippen LogP contribution in [0.25, 0.3) is 0 Å². The van der Waals surface area contributed by atoms with Gasteiger partial charge in [0.05, 0.1) is 6.04 Å². The third kappa shape index (κ3) is 3.67. The van der Waals surface area contributed by atoms with E-state index in [0.29, 0.717) is 16.5 Å². The van der Waals surface area contributed by atoms with Crippen LogP contribution in [0, 0.1) is 17.5 Å². The number of halogens is 5. The van der Waals surface area contributed by atoms with E-state index < -0.39 is 59.3 Å². The van der Waals surface area contributed by atoms with E-state index in [0.717, 1.165) is 0 Å². The molecule has 1 heterocycles. The lowest BCUT2D eigenvalue weighted by atomic mass is 9.99. The molecule has 0 aromatic heterocycles. The number of carbonyl (C=O) groups excluding carboxylic acids is 2. The third-order valence-electron chi connectivity index (χ3n) is 4.80. The molecular weight excluding hydrogens is 397 g/mol. The zero-order valence-electron chi connectivity index (χ0n) is 14.8. The summed E-state index contributed by atoms with van der Waals surface area (Å²) in [5, 5.41) is 0. The first-order chi connectivity index (χ1) is 13.5. The normalized spacial score (nSPS) is 17.2. The first kappa shape index (κ1) is 20.7. The van der Waals surface area contributed by atoms with Crippen molar-refractivity contribution in [3.05, 3.63) is 65.0 Å². The van der Waals surface area contributed by atoms with Gasteiger partial charge in [-0.25, -0.2) is 13.2 Å². The Balaban J connectivity index is 1.90. The summed E-state index contributed by atoms with van der Waals surface area (Å²) in [6.07, 6.45) is -0.987. The molecule has 2 amide bonds. The van der Waals surface area contributed by atoms with E-state index in [1.54, 1.807) is 12.1 Å². The minimum Gasteiger partial charge on any atom is -0.368 e. The number of anilines is 1. The average molecular weight is 413 g/mol. The highest BCUT2D eigenvalue weighted by Gasteiger charge is 2.52. The number of nitrogens with two attached hydrogens (primary N) is 2. The first-order valence-corrected chi connectivity index (χ1v) is 8.51. The zero-order valence-corrected chi connectivity index (χ0v) is 14.8. The van der Waals surface area contributed by atoms with Gasteiger partial charge in [-0.15, -0.1) is 0 Å². The SMILES string of the molecule is NC(=O)[C@@H]1Cc2ccccc2N1C(=O)C(F)(F)[C@H](N)Cc1cc(F)c(F)cc1F. The van der Waals surface area contributed by atoms with Crippen molar-refractivity contribution in [3.63, 3.8) is 0 Å². The predicted octanol–water partition coefficient (Wildman–Crippen LogP) is 2.05. The van der Waals surface area contributed by atoms with Gasteiger partial charge in [0.1, 0.15) is 11.9 Å². The summed E-state index contributed by atoms with van der Waals surface area (Å²) in [5.41, 5.74) is 10.7. The number of hydrogen-bond donors (Lipinski definition) is 2. The molecule has 0 spiro atoms. The number of alkyl halides is 2. The summed E-state index contributed by atoms with van der Waals surface area (Å²) >= 11 is 0. The van der Waals surface area contributed by atoms with Crippen molar-refractivity contribution in [2.45, 2.75) is 30.8 Å². The topological polar surface area (TPSA) is 89.4 Å². The molecule has 2 aromatic carbocycles. The van der Waals surface area contributed by atoms with Gasteiger partial charge in [-0.3, -0.25) is 14.5 Å². The van der Waals surface area contributed by atoms with E-state index >= 15 is 0 Å². The Hall–Kier alpha value is -3.01. The van der Waals surface area contributed by atoms with Gasteiger partial charge in [0.2, 0.25) is 5.91 Å². The number of fused-ring (bicyclic) bond motifs is 1. The molecule has 4 N–H and O–H groups in total. The van der Waals surface area contributed by atoms with Gasteiger partial charge >= 0.3 is 5.92 Å². The molecule has 0 fully saturated rings. The van der Waals surface area contributed by atoms with Crippen molar-refractivity contribution in [3.8, 4) is 0 Å². The summed E-state index contributed by atoms with van der Waals surface area (Å²) in [6, 6.07) is 3.06. The number of rotatable bonds is 5. The molecule has 29 heavy (non-hydrogen) atoms. The number of amides is 2. The molecule has 2 aromatic rings. The van der Waals surface area contributed by atoms with Crippen molar-refractivity contribution >= 4 is 17.5 Å². The van der Waals surface area contributed by atoms with Crippen molar-refractivity contribution in [2.75, 3.05) is 4.90 Å². The number of hydrogen-bond acceptors (Lipinski definition) is 3. The van der Waals surface area contributed by atoms with Crippen molar-refractivity contribution in [2.24, 2.45) is 11.5 Å². The molecule has 3 rings (SSSR count). The van der Waals surface area contributed by atoms with Crippen LogP contribution in [0.5, 0.6) is 0 Å². The van der Waals surface area contributed by atoms with Crippen molar-refractivity contribution in [1.29, 1.82) is 0 Å². The van der Waals surface area contributed by atoms with Gasteiger partial charge < -0.3 is 11.5 Å². The van der Waals surface area contributed by atoms with Crippen molar-refractivity contribution in [1.82, 2.24) is 0 Å². The van der Waals surface area contributed by atoms with Gasteiger partial charge in [0, 0.05) is 18.2 Å². The number of nitrogens with zero attached hydrogens (tertiary/aromatic N) is 1. The lowest BCUT2D eigenvalue weighted by molar-refractivity contribution is -0.146. The molecule has 10 heteroatoms. The van der Waals surface area contributed by atoms with E-state index in [2.05, 4.69) is 0 Å². The van der Waals surface area contributed by atoms with E-state index in [1.165, 1.54) is 12.1 Å². The van der Waals surface area contributed by atoms with E-state index in [4.69, 9.17) is 11.5 Å². The fourth-order valence-electron chi connectivity index (χ4n) is 3.27. The van der Waals surface area contributed by atoms with Crippen LogP contribution in [0.3, 0.4) is 0 Å². The van der Waals surface area contributed by atoms with Crippen LogP contribution in [0.2, 0.25) is 0 Å². The quantitative estimate of drug-likeness (QED) is 0.581. The Bertz CT molecular complexity index is 982. The van der Waals surface area contributed by atoms with Crippen LogP contribution in [0.15, 0.2) is 36.4 Å². The van der Waals surface area contributed by atoms with Crippen LogP contribution >= 0.6 is 0 Å². The molecular formula is C19H16F5N3O2. The van der Waals surface area contributed by atoms with Crippen LogP contribution in [0.1, 0.15) is 11.1 Å². The van der Waals surface area contributed by atoms with E-state index in [9.17, 15) is 31.5 Å². The molecule has 5 nitrogen and oxygen atoms in total. The Morgan fingerprint density at radius 3 is 2.38 bits per heavy atom. The number of primary amides is 1. The number of para-hydroxylation sites is 1. The minimum absolute atomic E-state index is 0.0413. The summed E-state index contributed by atoms with van der Waals surface area (Å²) < 4.78 is 69.8. The van der Waals surface area contributed by atoms with Gasteiger partial charge in [-0.1, -0.05) is 18.2 Å². The number of carbonyl (C=O) groups is 2. The summed E-state index contributed by atoms with van der Waals surface area (Å²) in [5.74, 6) is -11.2. The molecule has 0 aliphatic carbocycles. The molecule has 0 bridgehead atoms. The third-order valence-corrected chi connectivity index (χ3v) is 4.80. The van der Waals surface area contributed by atoms with E-state index in [1.807, 2.05) is 0 Å². The largest absolute Gasteiger partial charge is 0.368 e. The molecule has 0 unspecified atom stereocenters. The second-order valence-electron chi connectivity index (χ2n) is 6.72. The molecule has 0 saturated carbocycles. The van der Waals surface area contributed by atoms with Crippen LogP contribution in [0.4, 0.5) is 27.6 Å². The molecule has 0 radical (unpaired) electrons. The fraction of sp³-hybridized carbons (Fsp3) is 0.263. The molecule has 154 valence electrons. The van der Waals surface area contributed by atoms with Crippen LogP contribution in [-0.2, 0) is 22.4 Å². The second-order valence-corrected chi connectivity index (χ2v) is 6.72. The summed E-state index contributed by atoms with van der Waals surface area (Å²) in [6.45, 7) is 0. The molecule has 2 atom stereocenters. The van der Waals surface area contributed by atoms with E-state index in [-0.39, 0.29) is 18.2 Å². The Morgan fingerprint density at radius 2 is 1.72 bits per heavy atom. The maximum Gasteiger partial charge on any atom is 0.340 e. The summed E-state index contributed by atoms with van der Waals surface area (Å²) in [7, 11) is 0. The monoisotopic (exact) mass is 413 g/mol. The Morgan fingerprint density at radius 1 is 1.10 bits per heavy atom. The highest BCUT2D eigenvalue weighted by Crippen LogP contribution is 2.36. The zero-order chi connectivity index (χ0) is 21.5. The first-order valence-electron chi connectivity index (χ1n) is 8.51. The molecule has 0 saturated heterocycles. The van der Waals surface area contributed by atoms with Crippen LogP contribution in [-0.4, -0.2) is 29.8 Å². The maximum atomic E-state index is 14.8. The lowest BCUT2D eigenvalue weighted by Crippen LogP contribution is -2.58. The average Bonchev–Trinajstić information content (AvgIpc) is 3.05. The highest BCUT2D eigenvalue weighted by atomic mass is 19.3. The van der Waals surface area contributed by atoms with Crippen LogP contribution < -0.4 is 16.4 Å². The number of benzene rings is 2. The highest BCUT2D eigenvalue weighted by molar-refractivity contribution is 6.06. The Labute approximate surface area is 162 Å². The smallest absolute Gasteiger partial charge is 0.340 e. The van der Waals surface area contributed by atoms with Gasteiger partial charge in [-0.05, 0) is 29.7 Å². The minimum atomic E-state index is -4.25. The predicted molar refractivity (Wildman–Crippen MR) is 93.6 cm³/mol. The second kappa shape index (κ2) is 7.43. The Kier molecular flexibility index (Phi) is 5.31. The standard InChI is InChI=1S/C19H16F5N3O2/c20-11-8-13(22)12(21)5-10(11)7-16(25)19(23,24)18(29)27-14-4-2-1-3-9(14)6-15(27)17(26)28/h1-5,8,15-16H,6-7,25H2,(H2,26,28)/t15-,16+/m0/s1. The lowest BCUT2D eigenvalue weighted by Gasteiger charge is -2.30. The molecule has 1 aliphatic heterocycles. The molecule has 1 aliphatic rings. The summed E-state index contributed by atoms with van der Waals surface area (Å²) in [4.78, 5) is 24.9. The van der Waals surface area contributed by atoms with Gasteiger partial charge in [-0.2, -0.15) is 8.78 Å².